The maximum atomic E-state index is 13.5. The number of amides is 1. The third-order valence-electron chi connectivity index (χ3n) is 3.11. The zero-order chi connectivity index (χ0) is 14.7. The van der Waals surface area contributed by atoms with Crippen LogP contribution in [0.5, 0.6) is 0 Å². The lowest BCUT2D eigenvalue weighted by atomic mass is 10.1. The number of rotatable bonds is 3. The molecule has 0 aliphatic carbocycles. The number of nitrogens with zero attached hydrogens (tertiary/aromatic N) is 1. The van der Waals surface area contributed by atoms with Gasteiger partial charge in [0.2, 0.25) is 5.91 Å². The first-order valence-corrected chi connectivity index (χ1v) is 7.19. The second kappa shape index (κ2) is 6.21. The number of carbonyl (C=O) groups excluding carboxylic acids is 1. The Kier molecular flexibility index (Phi) is 4.59. The summed E-state index contributed by atoms with van der Waals surface area (Å²) in [7, 11) is 0. The van der Waals surface area contributed by atoms with Crippen LogP contribution in [0.25, 0.3) is 0 Å². The van der Waals surface area contributed by atoms with Crippen molar-refractivity contribution in [2.75, 3.05) is 18.1 Å². The summed E-state index contributed by atoms with van der Waals surface area (Å²) in [6, 6.07) is 2.71. The number of hydrogen-bond acceptors (Lipinski definition) is 3. The highest BCUT2D eigenvalue weighted by molar-refractivity contribution is 7.99. The quantitative estimate of drug-likeness (QED) is 0.920. The van der Waals surface area contributed by atoms with Gasteiger partial charge in [0.25, 0.3) is 0 Å². The van der Waals surface area contributed by atoms with Crippen LogP contribution >= 0.6 is 11.8 Å². The molecule has 0 saturated carbocycles. The minimum Gasteiger partial charge on any atom is -0.480 e. The van der Waals surface area contributed by atoms with Gasteiger partial charge in [0.1, 0.15) is 6.04 Å². The molecule has 1 aromatic carbocycles. The van der Waals surface area contributed by atoms with Crippen molar-refractivity contribution >= 4 is 23.6 Å². The summed E-state index contributed by atoms with van der Waals surface area (Å²) in [5.74, 6) is -2.70. The largest absolute Gasteiger partial charge is 0.480 e. The molecule has 1 aliphatic heterocycles. The Morgan fingerprint density at radius 1 is 1.40 bits per heavy atom. The van der Waals surface area contributed by atoms with Gasteiger partial charge in [-0.2, -0.15) is 11.8 Å². The fraction of sp³-hybridized carbons (Fsp3) is 0.385. The summed E-state index contributed by atoms with van der Waals surface area (Å²) >= 11 is 1.46. The Bertz CT molecular complexity index is 538. The highest BCUT2D eigenvalue weighted by atomic mass is 32.2. The van der Waals surface area contributed by atoms with E-state index in [-0.39, 0.29) is 12.0 Å². The fourth-order valence-corrected chi connectivity index (χ4v) is 3.09. The SMILES string of the molecule is O=C(O)C1CSCCN1C(=O)Cc1cccc(F)c1F. The first-order valence-electron chi connectivity index (χ1n) is 6.03. The number of carbonyl (C=O) groups is 2. The zero-order valence-corrected chi connectivity index (χ0v) is 11.3. The molecule has 1 fully saturated rings. The topological polar surface area (TPSA) is 57.6 Å². The second-order valence-electron chi connectivity index (χ2n) is 4.41. The lowest BCUT2D eigenvalue weighted by molar-refractivity contribution is -0.149. The predicted octanol–water partition coefficient (Wildman–Crippen LogP) is 1.54. The molecule has 0 radical (unpaired) electrons. The highest BCUT2D eigenvalue weighted by Crippen LogP contribution is 2.19. The van der Waals surface area contributed by atoms with Crippen molar-refractivity contribution < 1.29 is 23.5 Å². The third kappa shape index (κ3) is 3.09. The van der Waals surface area contributed by atoms with E-state index >= 15 is 0 Å². The molecule has 1 aromatic rings. The lowest BCUT2D eigenvalue weighted by Crippen LogP contribution is -2.50. The van der Waals surface area contributed by atoms with E-state index in [1.54, 1.807) is 0 Å². The standard InChI is InChI=1S/C13H13F2NO3S/c14-9-3-1-2-8(12(9)15)6-11(17)16-4-5-20-7-10(16)13(18)19/h1-3,10H,4-7H2,(H,18,19). The molecule has 1 saturated heterocycles. The number of carboxylic acid groups (broad SMARTS) is 1. The van der Waals surface area contributed by atoms with Crippen molar-refractivity contribution in [2.24, 2.45) is 0 Å². The minimum atomic E-state index is -1.08. The van der Waals surface area contributed by atoms with Gasteiger partial charge in [0.15, 0.2) is 11.6 Å². The van der Waals surface area contributed by atoms with Gasteiger partial charge < -0.3 is 10.0 Å². The van der Waals surface area contributed by atoms with Crippen molar-refractivity contribution in [3.63, 3.8) is 0 Å². The maximum absolute atomic E-state index is 13.5. The van der Waals surface area contributed by atoms with Crippen molar-refractivity contribution in [3.8, 4) is 0 Å². The van der Waals surface area contributed by atoms with Crippen LogP contribution in [0, 0.1) is 11.6 Å². The molecule has 0 aromatic heterocycles. The van der Waals surface area contributed by atoms with Crippen LogP contribution in [0.3, 0.4) is 0 Å². The normalized spacial score (nSPS) is 18.9. The molecule has 1 N–H and O–H groups in total. The van der Waals surface area contributed by atoms with Gasteiger partial charge in [-0.15, -0.1) is 0 Å². The van der Waals surface area contributed by atoms with E-state index < -0.39 is 29.6 Å². The summed E-state index contributed by atoms with van der Waals surface area (Å²) in [6.45, 7) is 0.303. The summed E-state index contributed by atoms with van der Waals surface area (Å²) in [6.07, 6.45) is -0.335. The molecule has 4 nitrogen and oxygen atoms in total. The van der Waals surface area contributed by atoms with Crippen LogP contribution < -0.4 is 0 Å². The van der Waals surface area contributed by atoms with Gasteiger partial charge in [-0.3, -0.25) is 4.79 Å². The van der Waals surface area contributed by atoms with Crippen molar-refractivity contribution in [2.45, 2.75) is 12.5 Å². The molecule has 20 heavy (non-hydrogen) atoms. The summed E-state index contributed by atoms with van der Waals surface area (Å²) in [4.78, 5) is 24.4. The van der Waals surface area contributed by atoms with Crippen LogP contribution in [-0.4, -0.2) is 46.0 Å². The number of carboxylic acids is 1. The summed E-state index contributed by atoms with van der Waals surface area (Å²) in [5.41, 5.74) is -0.0580. The minimum absolute atomic E-state index is 0.0580. The van der Waals surface area contributed by atoms with E-state index in [1.807, 2.05) is 0 Å². The fourth-order valence-electron chi connectivity index (χ4n) is 2.06. The average molecular weight is 301 g/mol. The van der Waals surface area contributed by atoms with E-state index in [9.17, 15) is 18.4 Å². The molecular weight excluding hydrogens is 288 g/mol. The second-order valence-corrected chi connectivity index (χ2v) is 5.56. The van der Waals surface area contributed by atoms with Gasteiger partial charge >= 0.3 is 5.97 Å². The van der Waals surface area contributed by atoms with Crippen LogP contribution in [-0.2, 0) is 16.0 Å². The number of aliphatic carboxylic acids is 1. The van der Waals surface area contributed by atoms with Crippen LogP contribution in [0.2, 0.25) is 0 Å². The first-order chi connectivity index (χ1) is 9.50. The van der Waals surface area contributed by atoms with E-state index in [0.717, 1.165) is 6.07 Å². The van der Waals surface area contributed by atoms with E-state index in [1.165, 1.54) is 28.8 Å². The van der Waals surface area contributed by atoms with Gasteiger partial charge in [0.05, 0.1) is 6.42 Å². The van der Waals surface area contributed by atoms with E-state index in [0.29, 0.717) is 18.1 Å². The van der Waals surface area contributed by atoms with Gasteiger partial charge in [-0.25, -0.2) is 13.6 Å². The van der Waals surface area contributed by atoms with Crippen LogP contribution in [0.1, 0.15) is 5.56 Å². The smallest absolute Gasteiger partial charge is 0.327 e. The molecule has 1 atom stereocenters. The molecule has 1 unspecified atom stereocenters. The number of benzene rings is 1. The van der Waals surface area contributed by atoms with Gasteiger partial charge in [0, 0.05) is 23.6 Å². The zero-order valence-electron chi connectivity index (χ0n) is 10.5. The molecule has 1 amide bonds. The van der Waals surface area contributed by atoms with Gasteiger partial charge in [-0.1, -0.05) is 12.1 Å². The Balaban J connectivity index is 2.14. The van der Waals surface area contributed by atoms with Crippen LogP contribution in [0.15, 0.2) is 18.2 Å². The molecule has 2 rings (SSSR count). The maximum Gasteiger partial charge on any atom is 0.327 e. The van der Waals surface area contributed by atoms with E-state index in [2.05, 4.69) is 0 Å². The third-order valence-corrected chi connectivity index (χ3v) is 4.13. The number of hydrogen-bond donors (Lipinski definition) is 1. The predicted molar refractivity (Wildman–Crippen MR) is 70.5 cm³/mol. The van der Waals surface area contributed by atoms with Crippen molar-refractivity contribution in [1.29, 1.82) is 0 Å². The monoisotopic (exact) mass is 301 g/mol. The Labute approximate surface area is 118 Å². The Morgan fingerprint density at radius 3 is 2.85 bits per heavy atom. The van der Waals surface area contributed by atoms with Crippen molar-refractivity contribution in [3.05, 3.63) is 35.4 Å². The summed E-state index contributed by atoms with van der Waals surface area (Å²) in [5, 5.41) is 9.08. The van der Waals surface area contributed by atoms with Gasteiger partial charge in [-0.05, 0) is 6.07 Å². The molecule has 7 heteroatoms. The lowest BCUT2D eigenvalue weighted by Gasteiger charge is -2.32. The molecular formula is C13H13F2NO3S. The molecule has 0 spiro atoms. The number of halogens is 2. The van der Waals surface area contributed by atoms with E-state index in [4.69, 9.17) is 5.11 Å². The number of thioether (sulfide) groups is 1. The van der Waals surface area contributed by atoms with Crippen molar-refractivity contribution in [1.82, 2.24) is 4.90 Å². The Hall–Kier alpha value is -1.63. The van der Waals surface area contributed by atoms with Crippen LogP contribution in [0.4, 0.5) is 8.78 Å². The molecule has 108 valence electrons. The molecule has 0 bridgehead atoms. The highest BCUT2D eigenvalue weighted by Gasteiger charge is 2.32. The Morgan fingerprint density at radius 2 is 2.15 bits per heavy atom. The molecule has 1 aliphatic rings. The average Bonchev–Trinajstić information content (AvgIpc) is 2.43. The molecule has 1 heterocycles. The first kappa shape index (κ1) is 14.8. The summed E-state index contributed by atoms with van der Waals surface area (Å²) < 4.78 is 26.6.